The largest absolute Gasteiger partial charge is 0.399 e. The molecule has 17 heavy (non-hydrogen) atoms. The number of nitrogens with two attached hydrogens (primary N) is 1. The topological polar surface area (TPSA) is 75.3 Å². The number of hydrogen-bond acceptors (Lipinski definition) is 3. The number of anilines is 1. The van der Waals surface area contributed by atoms with E-state index < -0.39 is 6.10 Å². The van der Waals surface area contributed by atoms with Gasteiger partial charge in [-0.3, -0.25) is 4.79 Å². The third-order valence-electron chi connectivity index (χ3n) is 3.27. The zero-order valence-corrected chi connectivity index (χ0v) is 9.73. The van der Waals surface area contributed by atoms with Crippen molar-refractivity contribution in [2.75, 3.05) is 12.3 Å². The average molecular weight is 234 g/mol. The second kappa shape index (κ2) is 5.19. The summed E-state index contributed by atoms with van der Waals surface area (Å²) in [5, 5.41) is 12.7. The minimum absolute atomic E-state index is 0.0609. The maximum absolute atomic E-state index is 11.6. The Bertz CT molecular complexity index is 385. The number of carbonyl (C=O) groups excluding carboxylic acids is 1. The molecule has 1 aromatic rings. The summed E-state index contributed by atoms with van der Waals surface area (Å²) in [6, 6.07) is 7.03. The molecule has 1 saturated carbocycles. The van der Waals surface area contributed by atoms with Gasteiger partial charge in [0.25, 0.3) is 0 Å². The molecule has 0 bridgehead atoms. The second-order valence-corrected chi connectivity index (χ2v) is 4.56. The van der Waals surface area contributed by atoms with Crippen LogP contribution in [0.2, 0.25) is 0 Å². The third kappa shape index (κ3) is 2.97. The van der Waals surface area contributed by atoms with Crippen molar-refractivity contribution in [1.29, 1.82) is 0 Å². The van der Waals surface area contributed by atoms with Crippen LogP contribution in [-0.2, 0) is 4.79 Å². The number of aliphatic hydroxyl groups excluding tert-OH is 1. The molecular formula is C13H18N2O2. The second-order valence-electron chi connectivity index (χ2n) is 4.56. The highest BCUT2D eigenvalue weighted by Gasteiger charge is 2.25. The smallest absolute Gasteiger partial charge is 0.223 e. The minimum atomic E-state index is -0.667. The molecule has 92 valence electrons. The van der Waals surface area contributed by atoms with Crippen molar-refractivity contribution in [3.8, 4) is 0 Å². The van der Waals surface area contributed by atoms with Crippen LogP contribution < -0.4 is 11.1 Å². The number of hydrogen-bond donors (Lipinski definition) is 3. The molecule has 1 unspecified atom stereocenters. The van der Waals surface area contributed by atoms with Crippen LogP contribution in [0.15, 0.2) is 24.3 Å². The van der Waals surface area contributed by atoms with E-state index in [4.69, 9.17) is 5.73 Å². The van der Waals surface area contributed by atoms with E-state index in [2.05, 4.69) is 5.32 Å². The molecule has 1 aliphatic carbocycles. The van der Waals surface area contributed by atoms with E-state index in [1.54, 1.807) is 24.3 Å². The van der Waals surface area contributed by atoms with Gasteiger partial charge >= 0.3 is 0 Å². The zero-order valence-electron chi connectivity index (χ0n) is 9.73. The van der Waals surface area contributed by atoms with Gasteiger partial charge in [-0.1, -0.05) is 18.6 Å². The standard InChI is InChI=1S/C13H18N2O2/c14-11-6-4-9(5-7-11)12(16)8-15-13(17)10-2-1-3-10/h4-7,10,12,16H,1-3,8,14H2,(H,15,17). The van der Waals surface area contributed by atoms with Crippen LogP contribution in [0.5, 0.6) is 0 Å². The Morgan fingerprint density at radius 2 is 2.06 bits per heavy atom. The molecule has 1 atom stereocenters. The fourth-order valence-corrected chi connectivity index (χ4v) is 1.85. The molecule has 4 nitrogen and oxygen atoms in total. The molecule has 4 N–H and O–H groups in total. The van der Waals surface area contributed by atoms with E-state index >= 15 is 0 Å². The monoisotopic (exact) mass is 234 g/mol. The predicted octanol–water partition coefficient (Wildman–Crippen LogP) is 1.22. The van der Waals surface area contributed by atoms with E-state index in [-0.39, 0.29) is 18.4 Å². The Kier molecular flexibility index (Phi) is 3.64. The Balaban J connectivity index is 1.82. The molecule has 0 heterocycles. The van der Waals surface area contributed by atoms with Crippen LogP contribution in [-0.4, -0.2) is 17.6 Å². The lowest BCUT2D eigenvalue weighted by Gasteiger charge is -2.24. The fraction of sp³-hybridized carbons (Fsp3) is 0.462. The van der Waals surface area contributed by atoms with Crippen LogP contribution in [0.25, 0.3) is 0 Å². The zero-order chi connectivity index (χ0) is 12.3. The summed E-state index contributed by atoms with van der Waals surface area (Å²) in [6.07, 6.45) is 2.42. The summed E-state index contributed by atoms with van der Waals surface area (Å²) in [6.45, 7) is 0.263. The Morgan fingerprint density at radius 1 is 1.41 bits per heavy atom. The van der Waals surface area contributed by atoms with E-state index in [0.717, 1.165) is 24.8 Å². The average Bonchev–Trinajstić information content (AvgIpc) is 2.24. The van der Waals surface area contributed by atoms with Crippen molar-refractivity contribution in [3.05, 3.63) is 29.8 Å². The first kappa shape index (κ1) is 11.9. The first-order valence-corrected chi connectivity index (χ1v) is 5.98. The number of amides is 1. The number of carbonyl (C=O) groups is 1. The number of nitrogens with one attached hydrogen (secondary N) is 1. The van der Waals surface area contributed by atoms with Gasteiger partial charge in [0.15, 0.2) is 0 Å². The lowest BCUT2D eigenvalue weighted by molar-refractivity contribution is -0.127. The van der Waals surface area contributed by atoms with E-state index in [1.807, 2.05) is 0 Å². The van der Waals surface area contributed by atoms with Crippen molar-refractivity contribution in [1.82, 2.24) is 5.32 Å². The van der Waals surface area contributed by atoms with Gasteiger partial charge in [0, 0.05) is 18.2 Å². The molecule has 0 saturated heterocycles. The van der Waals surface area contributed by atoms with Crippen LogP contribution in [0.1, 0.15) is 30.9 Å². The van der Waals surface area contributed by atoms with Crippen molar-refractivity contribution in [2.45, 2.75) is 25.4 Å². The first-order valence-electron chi connectivity index (χ1n) is 5.98. The van der Waals surface area contributed by atoms with Gasteiger partial charge in [0.05, 0.1) is 6.10 Å². The number of benzene rings is 1. The Morgan fingerprint density at radius 3 is 2.59 bits per heavy atom. The molecule has 1 aliphatic rings. The lowest BCUT2D eigenvalue weighted by atomic mass is 9.85. The molecular weight excluding hydrogens is 216 g/mol. The van der Waals surface area contributed by atoms with Crippen LogP contribution in [0.3, 0.4) is 0 Å². The normalized spacial score (nSPS) is 17.2. The molecule has 4 heteroatoms. The number of aliphatic hydroxyl groups is 1. The van der Waals surface area contributed by atoms with Gasteiger partial charge in [-0.2, -0.15) is 0 Å². The number of rotatable bonds is 4. The van der Waals surface area contributed by atoms with Crippen molar-refractivity contribution < 1.29 is 9.90 Å². The van der Waals surface area contributed by atoms with Crippen molar-refractivity contribution in [3.63, 3.8) is 0 Å². The molecule has 0 radical (unpaired) electrons. The summed E-state index contributed by atoms with van der Waals surface area (Å²) >= 11 is 0. The SMILES string of the molecule is Nc1ccc(C(O)CNC(=O)C2CCC2)cc1. The van der Waals surface area contributed by atoms with Crippen LogP contribution in [0, 0.1) is 5.92 Å². The van der Waals surface area contributed by atoms with Gasteiger partial charge in [0.1, 0.15) is 0 Å². The van der Waals surface area contributed by atoms with Gasteiger partial charge < -0.3 is 16.2 Å². The molecule has 0 aliphatic heterocycles. The first-order chi connectivity index (χ1) is 8.16. The lowest BCUT2D eigenvalue weighted by Crippen LogP contribution is -2.36. The quantitative estimate of drug-likeness (QED) is 0.686. The summed E-state index contributed by atoms with van der Waals surface area (Å²) in [5.74, 6) is 0.222. The van der Waals surface area contributed by atoms with E-state index in [9.17, 15) is 9.90 Å². The minimum Gasteiger partial charge on any atom is -0.399 e. The predicted molar refractivity (Wildman–Crippen MR) is 66.2 cm³/mol. The van der Waals surface area contributed by atoms with Crippen molar-refractivity contribution >= 4 is 11.6 Å². The van der Waals surface area contributed by atoms with Crippen LogP contribution in [0.4, 0.5) is 5.69 Å². The summed E-state index contributed by atoms with van der Waals surface area (Å²) < 4.78 is 0. The fourth-order valence-electron chi connectivity index (χ4n) is 1.85. The highest BCUT2D eigenvalue weighted by molar-refractivity contribution is 5.79. The molecule has 0 spiro atoms. The molecule has 1 aromatic carbocycles. The van der Waals surface area contributed by atoms with E-state index in [1.165, 1.54) is 0 Å². The molecule has 2 rings (SSSR count). The maximum atomic E-state index is 11.6. The summed E-state index contributed by atoms with van der Waals surface area (Å²) in [5.41, 5.74) is 7.00. The molecule has 1 fully saturated rings. The van der Waals surface area contributed by atoms with Gasteiger partial charge in [-0.25, -0.2) is 0 Å². The Labute approximate surface area is 101 Å². The maximum Gasteiger partial charge on any atom is 0.223 e. The Hall–Kier alpha value is -1.55. The van der Waals surface area contributed by atoms with Gasteiger partial charge in [-0.15, -0.1) is 0 Å². The van der Waals surface area contributed by atoms with E-state index in [0.29, 0.717) is 5.69 Å². The summed E-state index contributed by atoms with van der Waals surface area (Å²) in [7, 11) is 0. The van der Waals surface area contributed by atoms with Crippen LogP contribution >= 0.6 is 0 Å². The molecule has 1 amide bonds. The number of nitrogen functional groups attached to an aromatic ring is 1. The third-order valence-corrected chi connectivity index (χ3v) is 3.27. The summed E-state index contributed by atoms with van der Waals surface area (Å²) in [4.78, 5) is 11.6. The van der Waals surface area contributed by atoms with Gasteiger partial charge in [-0.05, 0) is 30.5 Å². The van der Waals surface area contributed by atoms with Crippen molar-refractivity contribution in [2.24, 2.45) is 5.92 Å². The van der Waals surface area contributed by atoms with Gasteiger partial charge in [0.2, 0.25) is 5.91 Å². The highest BCUT2D eigenvalue weighted by Crippen LogP contribution is 2.26. The highest BCUT2D eigenvalue weighted by atomic mass is 16.3. The molecule has 0 aromatic heterocycles.